The van der Waals surface area contributed by atoms with E-state index in [0.29, 0.717) is 6.42 Å². The molecule has 1 unspecified atom stereocenters. The minimum Gasteiger partial charge on any atom is -0.355 e. The molecule has 0 radical (unpaired) electrons. The molecule has 7 heteroatoms. The molecular formula is C21H33IN4OS. The van der Waals surface area contributed by atoms with E-state index >= 15 is 0 Å². The van der Waals surface area contributed by atoms with Crippen molar-refractivity contribution in [2.45, 2.75) is 56.8 Å². The van der Waals surface area contributed by atoms with E-state index in [1.807, 2.05) is 18.4 Å². The number of carbonyl (C=O) groups is 1. The third-order valence-electron chi connectivity index (χ3n) is 6.81. The first-order chi connectivity index (χ1) is 13.1. The number of rotatable bonds is 3. The standard InChI is InChI=1S/C21H32N4OS.HI/c1-22-19(25-11-6-8-20(16-25)13-18(26)23-14-20)24-15-21(9-3-2-4-10-21)17-7-5-12-27-17;/h5,7,12H,2-4,6,8-11,13-16H2,1H3,(H,22,24)(H,23,26);1H. The van der Waals surface area contributed by atoms with Gasteiger partial charge in [0.2, 0.25) is 5.91 Å². The molecule has 3 aliphatic rings. The maximum absolute atomic E-state index is 11.8. The summed E-state index contributed by atoms with van der Waals surface area (Å²) in [5.74, 6) is 1.22. The van der Waals surface area contributed by atoms with Gasteiger partial charge in [-0.15, -0.1) is 35.3 Å². The minimum absolute atomic E-state index is 0. The number of nitrogens with zero attached hydrogens (tertiary/aromatic N) is 2. The molecule has 3 heterocycles. The predicted molar refractivity (Wildman–Crippen MR) is 127 cm³/mol. The molecule has 1 spiro atoms. The molecule has 1 amide bonds. The van der Waals surface area contributed by atoms with Crippen molar-refractivity contribution in [3.8, 4) is 0 Å². The molecule has 4 rings (SSSR count). The Bertz CT molecular complexity index is 687. The quantitative estimate of drug-likeness (QED) is 0.366. The van der Waals surface area contributed by atoms with E-state index < -0.39 is 0 Å². The van der Waals surface area contributed by atoms with Crippen molar-refractivity contribution in [1.82, 2.24) is 15.5 Å². The molecule has 2 N–H and O–H groups in total. The van der Waals surface area contributed by atoms with Gasteiger partial charge in [0, 0.05) is 55.4 Å². The van der Waals surface area contributed by atoms with Crippen molar-refractivity contribution in [3.05, 3.63) is 22.4 Å². The zero-order valence-corrected chi connectivity index (χ0v) is 20.0. The number of hydrogen-bond acceptors (Lipinski definition) is 3. The van der Waals surface area contributed by atoms with Crippen LogP contribution >= 0.6 is 35.3 Å². The maximum Gasteiger partial charge on any atom is 0.220 e. The van der Waals surface area contributed by atoms with Crippen molar-refractivity contribution in [3.63, 3.8) is 0 Å². The van der Waals surface area contributed by atoms with Gasteiger partial charge in [-0.2, -0.15) is 0 Å². The number of likely N-dealkylation sites (tertiary alicyclic amines) is 1. The lowest BCUT2D eigenvalue weighted by molar-refractivity contribution is -0.119. The van der Waals surface area contributed by atoms with Gasteiger partial charge in [-0.25, -0.2) is 0 Å². The third-order valence-corrected chi connectivity index (χ3v) is 7.92. The van der Waals surface area contributed by atoms with Gasteiger partial charge in [0.1, 0.15) is 0 Å². The van der Waals surface area contributed by atoms with Gasteiger partial charge in [0.25, 0.3) is 0 Å². The second-order valence-electron chi connectivity index (χ2n) is 8.70. The monoisotopic (exact) mass is 516 g/mol. The highest BCUT2D eigenvalue weighted by Crippen LogP contribution is 2.41. The van der Waals surface area contributed by atoms with Gasteiger partial charge >= 0.3 is 0 Å². The third kappa shape index (κ3) is 4.50. The molecule has 1 aromatic heterocycles. The summed E-state index contributed by atoms with van der Waals surface area (Å²) in [6, 6.07) is 4.50. The number of aliphatic imine (C=N–C) groups is 1. The fourth-order valence-corrected chi connectivity index (χ4v) is 6.32. The van der Waals surface area contributed by atoms with Crippen LogP contribution in [-0.2, 0) is 10.2 Å². The summed E-state index contributed by atoms with van der Waals surface area (Å²) in [6.45, 7) is 3.73. The zero-order valence-electron chi connectivity index (χ0n) is 16.8. The molecule has 28 heavy (non-hydrogen) atoms. The number of halogens is 1. The Morgan fingerprint density at radius 3 is 2.75 bits per heavy atom. The van der Waals surface area contributed by atoms with E-state index in [1.54, 1.807) is 0 Å². The summed E-state index contributed by atoms with van der Waals surface area (Å²) in [5, 5.41) is 8.98. The Hall–Kier alpha value is -0.830. The fourth-order valence-electron chi connectivity index (χ4n) is 5.33. The highest BCUT2D eigenvalue weighted by molar-refractivity contribution is 14.0. The van der Waals surface area contributed by atoms with E-state index in [2.05, 4.69) is 38.0 Å². The van der Waals surface area contributed by atoms with E-state index in [0.717, 1.165) is 45.0 Å². The van der Waals surface area contributed by atoms with Crippen molar-refractivity contribution in [2.24, 2.45) is 10.4 Å². The van der Waals surface area contributed by atoms with Crippen LogP contribution in [0.15, 0.2) is 22.5 Å². The van der Waals surface area contributed by atoms with Gasteiger partial charge in [0.15, 0.2) is 5.96 Å². The number of hydrogen-bond donors (Lipinski definition) is 2. The molecule has 1 atom stereocenters. The van der Waals surface area contributed by atoms with E-state index in [9.17, 15) is 4.79 Å². The van der Waals surface area contributed by atoms with E-state index in [-0.39, 0.29) is 40.7 Å². The molecule has 0 bridgehead atoms. The summed E-state index contributed by atoms with van der Waals surface area (Å²) < 4.78 is 0. The fraction of sp³-hybridized carbons (Fsp3) is 0.714. The Morgan fingerprint density at radius 2 is 2.11 bits per heavy atom. The van der Waals surface area contributed by atoms with Crippen LogP contribution in [0.2, 0.25) is 0 Å². The molecule has 0 aromatic carbocycles. The number of guanidine groups is 1. The summed E-state index contributed by atoms with van der Waals surface area (Å²) in [7, 11) is 1.89. The van der Waals surface area contributed by atoms with Crippen molar-refractivity contribution >= 4 is 47.2 Å². The Kier molecular flexibility index (Phi) is 7.28. The number of amides is 1. The van der Waals surface area contributed by atoms with Crippen molar-refractivity contribution < 1.29 is 4.79 Å². The van der Waals surface area contributed by atoms with Crippen LogP contribution in [0.25, 0.3) is 0 Å². The Labute approximate surface area is 189 Å². The Morgan fingerprint density at radius 1 is 1.29 bits per heavy atom. The van der Waals surface area contributed by atoms with Crippen LogP contribution in [0, 0.1) is 5.41 Å². The number of carbonyl (C=O) groups excluding carboxylic acids is 1. The molecule has 3 fully saturated rings. The van der Waals surface area contributed by atoms with Crippen LogP contribution in [0.5, 0.6) is 0 Å². The van der Waals surface area contributed by atoms with Crippen molar-refractivity contribution in [1.29, 1.82) is 0 Å². The van der Waals surface area contributed by atoms with Gasteiger partial charge in [-0.05, 0) is 37.1 Å². The zero-order chi connectivity index (χ0) is 18.7. The smallest absolute Gasteiger partial charge is 0.220 e. The van der Waals surface area contributed by atoms with Crippen LogP contribution < -0.4 is 10.6 Å². The summed E-state index contributed by atoms with van der Waals surface area (Å²) in [5.41, 5.74) is 0.351. The largest absolute Gasteiger partial charge is 0.355 e. The molecule has 1 saturated carbocycles. The van der Waals surface area contributed by atoms with Crippen LogP contribution in [0.1, 0.15) is 56.2 Å². The first kappa shape index (κ1) is 21.9. The molecule has 1 aromatic rings. The van der Waals surface area contributed by atoms with Crippen molar-refractivity contribution in [2.75, 3.05) is 33.2 Å². The number of nitrogens with one attached hydrogen (secondary N) is 2. The maximum atomic E-state index is 11.8. The minimum atomic E-state index is 0. The van der Waals surface area contributed by atoms with Crippen LogP contribution in [0.3, 0.4) is 0 Å². The lowest BCUT2D eigenvalue weighted by Gasteiger charge is -2.42. The summed E-state index contributed by atoms with van der Waals surface area (Å²) >= 11 is 1.90. The van der Waals surface area contributed by atoms with Crippen LogP contribution in [-0.4, -0.2) is 50.0 Å². The first-order valence-electron chi connectivity index (χ1n) is 10.4. The first-order valence-corrected chi connectivity index (χ1v) is 11.3. The lowest BCUT2D eigenvalue weighted by Crippen LogP contribution is -2.53. The predicted octanol–water partition coefficient (Wildman–Crippen LogP) is 3.75. The second-order valence-corrected chi connectivity index (χ2v) is 9.65. The number of piperidine rings is 1. The topological polar surface area (TPSA) is 56.7 Å². The van der Waals surface area contributed by atoms with Gasteiger partial charge in [0.05, 0.1) is 0 Å². The van der Waals surface area contributed by atoms with E-state index in [4.69, 9.17) is 0 Å². The summed E-state index contributed by atoms with van der Waals surface area (Å²) in [4.78, 5) is 20.3. The molecule has 2 aliphatic heterocycles. The highest BCUT2D eigenvalue weighted by Gasteiger charge is 2.43. The number of thiophene rings is 1. The molecule has 5 nitrogen and oxygen atoms in total. The molecule has 2 saturated heterocycles. The summed E-state index contributed by atoms with van der Waals surface area (Å²) in [6.07, 6.45) is 9.46. The molecular weight excluding hydrogens is 483 g/mol. The molecule has 156 valence electrons. The second kappa shape index (κ2) is 9.32. The normalized spacial score (nSPS) is 27.4. The highest BCUT2D eigenvalue weighted by atomic mass is 127. The van der Waals surface area contributed by atoms with Gasteiger partial charge in [-0.1, -0.05) is 25.3 Å². The SMILES string of the molecule is CN=C(NCC1(c2cccs2)CCCCC1)N1CCCC2(CNC(=O)C2)C1.I. The van der Waals surface area contributed by atoms with Gasteiger partial charge < -0.3 is 15.5 Å². The average molecular weight is 516 g/mol. The van der Waals surface area contributed by atoms with Gasteiger partial charge in [-0.3, -0.25) is 9.79 Å². The van der Waals surface area contributed by atoms with E-state index in [1.165, 1.54) is 37.0 Å². The average Bonchev–Trinajstić information content (AvgIpc) is 3.34. The van der Waals surface area contributed by atoms with Crippen LogP contribution in [0.4, 0.5) is 0 Å². The lowest BCUT2D eigenvalue weighted by atomic mass is 9.73. The Balaban J connectivity index is 0.00000225. The molecule has 1 aliphatic carbocycles.